The second kappa shape index (κ2) is 6.53. The van der Waals surface area contributed by atoms with E-state index in [1.165, 1.54) is 24.3 Å². The zero-order chi connectivity index (χ0) is 20.1. The standard InChI is InChI=1S/C19H15BrF2O4S/c1-19(2)18(23)16(12-6-5-11(21)9-14(12)22)17(26-19)10-4-7-15(13(20)8-10)27(3,24)25/h4-9H,1-3H3. The summed E-state index contributed by atoms with van der Waals surface area (Å²) < 4.78 is 57.3. The summed E-state index contributed by atoms with van der Waals surface area (Å²) in [6.45, 7) is 3.09. The van der Waals surface area contributed by atoms with Gasteiger partial charge >= 0.3 is 0 Å². The quantitative estimate of drug-likeness (QED) is 0.687. The summed E-state index contributed by atoms with van der Waals surface area (Å²) in [7, 11) is -3.46. The van der Waals surface area contributed by atoms with Gasteiger partial charge in [-0.2, -0.15) is 0 Å². The highest BCUT2D eigenvalue weighted by molar-refractivity contribution is 9.10. The molecule has 0 unspecified atom stereocenters. The van der Waals surface area contributed by atoms with Crippen LogP contribution in [0.15, 0.2) is 45.8 Å². The molecule has 0 bridgehead atoms. The molecule has 8 heteroatoms. The van der Waals surface area contributed by atoms with Gasteiger partial charge in [0.2, 0.25) is 5.78 Å². The first-order valence-electron chi connectivity index (χ1n) is 7.85. The Morgan fingerprint density at radius 2 is 1.74 bits per heavy atom. The largest absolute Gasteiger partial charge is 0.478 e. The van der Waals surface area contributed by atoms with E-state index in [4.69, 9.17) is 4.74 Å². The molecule has 0 spiro atoms. The van der Waals surface area contributed by atoms with E-state index in [0.29, 0.717) is 11.6 Å². The van der Waals surface area contributed by atoms with Gasteiger partial charge in [-0.3, -0.25) is 4.79 Å². The SMILES string of the molecule is CC1(C)OC(c2ccc(S(C)(=O)=O)c(Br)c2)=C(c2ccc(F)cc2F)C1=O. The molecule has 0 N–H and O–H groups in total. The number of carbonyl (C=O) groups excluding carboxylic acids is 1. The van der Waals surface area contributed by atoms with E-state index in [0.717, 1.165) is 12.3 Å². The molecule has 0 radical (unpaired) electrons. The lowest BCUT2D eigenvalue weighted by Gasteiger charge is -2.18. The van der Waals surface area contributed by atoms with Crippen LogP contribution in [0.4, 0.5) is 8.78 Å². The van der Waals surface area contributed by atoms with E-state index >= 15 is 0 Å². The second-order valence-electron chi connectivity index (χ2n) is 6.69. The number of halogens is 3. The average molecular weight is 457 g/mol. The number of rotatable bonds is 3. The summed E-state index contributed by atoms with van der Waals surface area (Å²) >= 11 is 3.21. The summed E-state index contributed by atoms with van der Waals surface area (Å²) in [5.74, 6) is -1.99. The molecule has 0 amide bonds. The Balaban J connectivity index is 2.25. The van der Waals surface area contributed by atoms with Crippen LogP contribution in [0.1, 0.15) is 25.0 Å². The van der Waals surface area contributed by atoms with Crippen LogP contribution in [-0.2, 0) is 19.4 Å². The molecule has 0 aromatic heterocycles. The van der Waals surface area contributed by atoms with Gasteiger partial charge in [-0.05, 0) is 60.1 Å². The highest BCUT2D eigenvalue weighted by Crippen LogP contribution is 2.42. The molecule has 4 nitrogen and oxygen atoms in total. The van der Waals surface area contributed by atoms with Crippen molar-refractivity contribution < 1.29 is 26.7 Å². The number of ether oxygens (including phenoxy) is 1. The van der Waals surface area contributed by atoms with Gasteiger partial charge in [-0.25, -0.2) is 17.2 Å². The number of hydrogen-bond donors (Lipinski definition) is 0. The third-order valence-corrected chi connectivity index (χ3v) is 6.23. The fourth-order valence-electron chi connectivity index (χ4n) is 2.84. The van der Waals surface area contributed by atoms with Crippen molar-refractivity contribution in [2.24, 2.45) is 0 Å². The maximum atomic E-state index is 14.3. The van der Waals surface area contributed by atoms with Crippen LogP contribution in [0.2, 0.25) is 0 Å². The summed E-state index contributed by atoms with van der Waals surface area (Å²) in [4.78, 5) is 12.9. The molecule has 0 aliphatic carbocycles. The van der Waals surface area contributed by atoms with Crippen molar-refractivity contribution in [2.75, 3.05) is 6.26 Å². The monoisotopic (exact) mass is 456 g/mol. The minimum atomic E-state index is -3.46. The molecule has 0 saturated carbocycles. The third kappa shape index (κ3) is 3.55. The predicted molar refractivity (Wildman–Crippen MR) is 101 cm³/mol. The number of hydrogen-bond acceptors (Lipinski definition) is 4. The van der Waals surface area contributed by atoms with Gasteiger partial charge in [-0.15, -0.1) is 0 Å². The molecule has 0 fully saturated rings. The Bertz CT molecular complexity index is 1100. The predicted octanol–water partition coefficient (Wildman–Crippen LogP) is 4.38. The molecular formula is C19H15BrF2O4S. The maximum absolute atomic E-state index is 14.3. The minimum Gasteiger partial charge on any atom is -0.478 e. The van der Waals surface area contributed by atoms with E-state index in [1.807, 2.05) is 0 Å². The fraction of sp³-hybridized carbons (Fsp3) is 0.211. The Kier molecular flexibility index (Phi) is 4.76. The van der Waals surface area contributed by atoms with Gasteiger partial charge in [0.1, 0.15) is 17.4 Å². The van der Waals surface area contributed by atoms with E-state index in [9.17, 15) is 22.0 Å². The van der Waals surface area contributed by atoms with Gasteiger partial charge in [0.15, 0.2) is 15.4 Å². The Hall–Kier alpha value is -2.06. The van der Waals surface area contributed by atoms with Gasteiger partial charge in [0.25, 0.3) is 0 Å². The van der Waals surface area contributed by atoms with E-state index in [-0.39, 0.29) is 26.3 Å². The van der Waals surface area contributed by atoms with Crippen LogP contribution in [-0.4, -0.2) is 26.1 Å². The smallest absolute Gasteiger partial charge is 0.210 e. The van der Waals surface area contributed by atoms with E-state index in [2.05, 4.69) is 15.9 Å². The topological polar surface area (TPSA) is 60.4 Å². The third-order valence-electron chi connectivity index (χ3n) is 4.15. The Morgan fingerprint density at radius 1 is 1.07 bits per heavy atom. The van der Waals surface area contributed by atoms with Crippen molar-refractivity contribution in [3.05, 3.63) is 63.6 Å². The van der Waals surface area contributed by atoms with Gasteiger partial charge in [-0.1, -0.05) is 0 Å². The van der Waals surface area contributed by atoms with Crippen molar-refractivity contribution >= 4 is 42.9 Å². The highest BCUT2D eigenvalue weighted by atomic mass is 79.9. The summed E-state index contributed by atoms with van der Waals surface area (Å²) in [5, 5.41) is 0. The normalized spacial score (nSPS) is 16.6. The van der Waals surface area contributed by atoms with Crippen LogP contribution in [0.3, 0.4) is 0 Å². The minimum absolute atomic E-state index is 0.0171. The summed E-state index contributed by atoms with van der Waals surface area (Å²) in [6, 6.07) is 7.28. The van der Waals surface area contributed by atoms with Crippen LogP contribution < -0.4 is 0 Å². The van der Waals surface area contributed by atoms with Crippen molar-refractivity contribution in [3.8, 4) is 0 Å². The van der Waals surface area contributed by atoms with Crippen molar-refractivity contribution in [3.63, 3.8) is 0 Å². The maximum Gasteiger partial charge on any atom is 0.210 e. The van der Waals surface area contributed by atoms with Gasteiger partial charge in [0, 0.05) is 27.9 Å². The zero-order valence-corrected chi connectivity index (χ0v) is 17.0. The first-order chi connectivity index (χ1) is 12.4. The molecule has 27 heavy (non-hydrogen) atoms. The molecule has 2 aromatic carbocycles. The lowest BCUT2D eigenvalue weighted by Crippen LogP contribution is -2.29. The Labute approximate surface area is 163 Å². The molecule has 1 heterocycles. The van der Waals surface area contributed by atoms with Crippen LogP contribution in [0.5, 0.6) is 0 Å². The highest BCUT2D eigenvalue weighted by Gasteiger charge is 2.43. The van der Waals surface area contributed by atoms with E-state index in [1.54, 1.807) is 13.8 Å². The molecule has 2 aromatic rings. The Morgan fingerprint density at radius 3 is 2.30 bits per heavy atom. The summed E-state index contributed by atoms with van der Waals surface area (Å²) in [6.07, 6.45) is 1.07. The first-order valence-corrected chi connectivity index (χ1v) is 10.5. The second-order valence-corrected chi connectivity index (χ2v) is 9.53. The van der Waals surface area contributed by atoms with Crippen LogP contribution in [0.25, 0.3) is 11.3 Å². The number of Topliss-reactive ketones (excluding diaryl/α,β-unsaturated/α-hetero) is 1. The number of carbonyl (C=O) groups is 1. The molecule has 1 aliphatic heterocycles. The average Bonchev–Trinajstić information content (AvgIpc) is 2.77. The van der Waals surface area contributed by atoms with Gasteiger partial charge < -0.3 is 4.74 Å². The molecule has 142 valence electrons. The number of ketones is 1. The van der Waals surface area contributed by atoms with Crippen LogP contribution in [0, 0.1) is 11.6 Å². The number of benzene rings is 2. The lowest BCUT2D eigenvalue weighted by atomic mass is 9.92. The lowest BCUT2D eigenvalue weighted by molar-refractivity contribution is -0.125. The molecule has 0 saturated heterocycles. The first kappa shape index (κ1) is 19.7. The van der Waals surface area contributed by atoms with Crippen molar-refractivity contribution in [1.29, 1.82) is 0 Å². The van der Waals surface area contributed by atoms with Crippen molar-refractivity contribution in [1.82, 2.24) is 0 Å². The molecule has 1 aliphatic rings. The van der Waals surface area contributed by atoms with Gasteiger partial charge in [0.05, 0.1) is 10.5 Å². The fourth-order valence-corrected chi connectivity index (χ4v) is 4.83. The zero-order valence-electron chi connectivity index (χ0n) is 14.6. The summed E-state index contributed by atoms with van der Waals surface area (Å²) in [5.41, 5.74) is -0.943. The van der Waals surface area contributed by atoms with Crippen LogP contribution >= 0.6 is 15.9 Å². The van der Waals surface area contributed by atoms with Crippen molar-refractivity contribution in [2.45, 2.75) is 24.3 Å². The number of sulfone groups is 1. The molecular weight excluding hydrogens is 442 g/mol. The van der Waals surface area contributed by atoms with E-state index < -0.39 is 32.9 Å². The molecule has 0 atom stereocenters. The molecule has 3 rings (SSSR count).